The van der Waals surface area contributed by atoms with E-state index in [2.05, 4.69) is 5.32 Å². The highest BCUT2D eigenvalue weighted by Gasteiger charge is 2.44. The lowest BCUT2D eigenvalue weighted by molar-refractivity contribution is -0.146. The molecule has 0 radical (unpaired) electrons. The van der Waals surface area contributed by atoms with Gasteiger partial charge in [-0.2, -0.15) is 0 Å². The molecule has 1 amide bonds. The van der Waals surface area contributed by atoms with Crippen LogP contribution < -0.4 is 5.32 Å². The number of aliphatic carboxylic acids is 1. The molecule has 0 bridgehead atoms. The average Bonchev–Trinajstić information content (AvgIpc) is 3.07. The second-order valence-electron chi connectivity index (χ2n) is 5.43. The summed E-state index contributed by atoms with van der Waals surface area (Å²) in [7, 11) is 0. The molecular formula is C15H19NO7S. The fraction of sp³-hybridized carbons (Fsp3) is 0.467. The number of hydrogen-bond acceptors (Lipinski definition) is 7. The molecule has 132 valence electrons. The van der Waals surface area contributed by atoms with Gasteiger partial charge in [-0.05, 0) is 17.5 Å². The van der Waals surface area contributed by atoms with Gasteiger partial charge >= 0.3 is 5.97 Å². The van der Waals surface area contributed by atoms with Gasteiger partial charge in [0, 0.05) is 17.7 Å². The molecule has 2 unspecified atom stereocenters. The Kier molecular flexibility index (Phi) is 5.94. The van der Waals surface area contributed by atoms with E-state index in [1.807, 2.05) is 0 Å². The summed E-state index contributed by atoms with van der Waals surface area (Å²) in [4.78, 5) is 23.7. The molecule has 1 aromatic heterocycles. The van der Waals surface area contributed by atoms with Crippen LogP contribution in [0.4, 0.5) is 0 Å². The van der Waals surface area contributed by atoms with Gasteiger partial charge in [0.1, 0.15) is 18.3 Å². The summed E-state index contributed by atoms with van der Waals surface area (Å²) in [5, 5.41) is 42.7. The van der Waals surface area contributed by atoms with Crippen LogP contribution in [-0.4, -0.2) is 63.3 Å². The third-order valence-electron chi connectivity index (χ3n) is 3.71. The summed E-state index contributed by atoms with van der Waals surface area (Å²) in [6.45, 7) is 0.553. The topological polar surface area (TPSA) is 136 Å². The van der Waals surface area contributed by atoms with Gasteiger partial charge in [0.05, 0.1) is 12.6 Å². The van der Waals surface area contributed by atoms with E-state index in [0.29, 0.717) is 0 Å². The third-order valence-corrected chi connectivity index (χ3v) is 4.68. The number of amides is 1. The van der Waals surface area contributed by atoms with Gasteiger partial charge in [0.2, 0.25) is 11.7 Å². The highest BCUT2D eigenvalue weighted by atomic mass is 32.1. The zero-order valence-corrected chi connectivity index (χ0v) is 13.6. The van der Waals surface area contributed by atoms with Crippen molar-refractivity contribution < 1.29 is 34.8 Å². The van der Waals surface area contributed by atoms with Gasteiger partial charge < -0.3 is 30.5 Å². The number of carboxylic acid groups (broad SMARTS) is 1. The Hall–Kier alpha value is -1.94. The van der Waals surface area contributed by atoms with Crippen LogP contribution in [0.5, 0.6) is 0 Å². The Labute approximate surface area is 142 Å². The van der Waals surface area contributed by atoms with Crippen LogP contribution in [0, 0.1) is 0 Å². The molecule has 1 aliphatic heterocycles. The average molecular weight is 357 g/mol. The van der Waals surface area contributed by atoms with E-state index in [0.717, 1.165) is 4.88 Å². The zero-order valence-electron chi connectivity index (χ0n) is 12.8. The highest BCUT2D eigenvalue weighted by Crippen LogP contribution is 2.35. The van der Waals surface area contributed by atoms with Crippen molar-refractivity contribution in [3.05, 3.63) is 34.2 Å². The summed E-state index contributed by atoms with van der Waals surface area (Å²) in [5.41, 5.74) is 0. The number of carboxylic acids is 1. The maximum atomic E-state index is 11.6. The Morgan fingerprint density at radius 2 is 2.12 bits per heavy atom. The molecule has 1 aromatic rings. The summed E-state index contributed by atoms with van der Waals surface area (Å²) in [6, 6.07) is 2.75. The number of carbonyl (C=O) groups excluding carboxylic acids is 1. The Morgan fingerprint density at radius 3 is 2.62 bits per heavy atom. The predicted molar refractivity (Wildman–Crippen MR) is 84.4 cm³/mol. The SMILES string of the molecule is CC(=O)N[C@H]1C(c2cccs2)C=C(C(=O)O)OC1[C@H](O)[C@H](O)CO. The lowest BCUT2D eigenvalue weighted by Gasteiger charge is -2.39. The van der Waals surface area contributed by atoms with Crippen LogP contribution in [0.3, 0.4) is 0 Å². The van der Waals surface area contributed by atoms with E-state index in [1.165, 1.54) is 24.3 Å². The monoisotopic (exact) mass is 357 g/mol. The molecule has 24 heavy (non-hydrogen) atoms. The summed E-state index contributed by atoms with van der Waals surface area (Å²) in [5.74, 6) is -2.66. The van der Waals surface area contributed by atoms with Crippen LogP contribution in [0.2, 0.25) is 0 Å². The van der Waals surface area contributed by atoms with Crippen molar-refractivity contribution in [2.45, 2.75) is 37.2 Å². The molecule has 0 aromatic carbocycles. The van der Waals surface area contributed by atoms with Gasteiger partial charge in [0.25, 0.3) is 0 Å². The fourth-order valence-electron chi connectivity index (χ4n) is 2.61. The minimum atomic E-state index is -1.59. The van der Waals surface area contributed by atoms with Crippen molar-refractivity contribution in [3.8, 4) is 0 Å². The second-order valence-corrected chi connectivity index (χ2v) is 6.41. The first-order valence-corrected chi connectivity index (χ1v) is 8.12. The van der Waals surface area contributed by atoms with Crippen molar-refractivity contribution in [1.82, 2.24) is 5.32 Å². The minimum Gasteiger partial charge on any atom is -0.478 e. The first-order chi connectivity index (χ1) is 11.3. The third kappa shape index (κ3) is 3.93. The first-order valence-electron chi connectivity index (χ1n) is 7.24. The molecule has 9 heteroatoms. The van der Waals surface area contributed by atoms with Crippen molar-refractivity contribution >= 4 is 23.2 Å². The molecule has 2 heterocycles. The number of rotatable bonds is 6. The Morgan fingerprint density at radius 1 is 1.42 bits per heavy atom. The first kappa shape index (κ1) is 18.4. The number of thiophene rings is 1. The highest BCUT2D eigenvalue weighted by molar-refractivity contribution is 7.10. The standard InChI is InChI=1S/C15H19NO7S/c1-7(18)16-12-8(11-3-2-4-24-11)5-10(15(21)22)23-14(12)13(20)9(19)6-17/h2-5,8-9,12-14,17,19-20H,6H2,1H3,(H,16,18)(H,21,22)/t8?,9-,12+,13-,14?/m1/s1. The van der Waals surface area contributed by atoms with E-state index < -0.39 is 48.8 Å². The van der Waals surface area contributed by atoms with Crippen LogP contribution in [0.15, 0.2) is 29.3 Å². The van der Waals surface area contributed by atoms with Crippen molar-refractivity contribution in [2.75, 3.05) is 6.61 Å². The zero-order chi connectivity index (χ0) is 17.9. The minimum absolute atomic E-state index is 0.385. The van der Waals surface area contributed by atoms with E-state index in [4.69, 9.17) is 9.84 Å². The quantitative estimate of drug-likeness (QED) is 0.459. The van der Waals surface area contributed by atoms with E-state index in [-0.39, 0.29) is 5.76 Å². The smallest absolute Gasteiger partial charge is 0.370 e. The molecule has 8 nitrogen and oxygen atoms in total. The lowest BCUT2D eigenvalue weighted by atomic mass is 9.86. The van der Waals surface area contributed by atoms with Crippen molar-refractivity contribution in [1.29, 1.82) is 0 Å². The number of ether oxygens (including phenoxy) is 1. The molecule has 0 saturated carbocycles. The maximum absolute atomic E-state index is 11.6. The lowest BCUT2D eigenvalue weighted by Crippen LogP contribution is -2.57. The van der Waals surface area contributed by atoms with Crippen LogP contribution >= 0.6 is 11.3 Å². The molecule has 0 fully saturated rings. The number of hydrogen-bond donors (Lipinski definition) is 5. The number of aliphatic hydroxyl groups excluding tert-OH is 3. The largest absolute Gasteiger partial charge is 0.478 e. The summed E-state index contributed by atoms with van der Waals surface area (Å²) < 4.78 is 5.30. The fourth-order valence-corrected chi connectivity index (χ4v) is 3.45. The normalized spacial score (nSPS) is 26.0. The Bertz CT molecular complexity index is 615. The second kappa shape index (κ2) is 7.75. The summed E-state index contributed by atoms with van der Waals surface area (Å²) in [6.07, 6.45) is -3.00. The predicted octanol–water partition coefficient (Wildman–Crippen LogP) is -0.582. The van der Waals surface area contributed by atoms with Gasteiger partial charge in [0.15, 0.2) is 0 Å². The van der Waals surface area contributed by atoms with Crippen LogP contribution in [0.1, 0.15) is 17.7 Å². The van der Waals surface area contributed by atoms with Gasteiger partial charge in [-0.3, -0.25) is 4.79 Å². The maximum Gasteiger partial charge on any atom is 0.370 e. The molecule has 2 rings (SSSR count). The molecule has 5 atom stereocenters. The molecule has 5 N–H and O–H groups in total. The van der Waals surface area contributed by atoms with Gasteiger partial charge in [-0.1, -0.05) is 6.07 Å². The number of nitrogens with one attached hydrogen (secondary N) is 1. The van der Waals surface area contributed by atoms with E-state index in [9.17, 15) is 24.9 Å². The van der Waals surface area contributed by atoms with Gasteiger partial charge in [-0.15, -0.1) is 11.3 Å². The van der Waals surface area contributed by atoms with Crippen molar-refractivity contribution in [2.24, 2.45) is 0 Å². The van der Waals surface area contributed by atoms with Gasteiger partial charge in [-0.25, -0.2) is 4.79 Å². The Balaban J connectivity index is 2.45. The number of aliphatic hydroxyl groups is 3. The molecule has 1 aliphatic rings. The molecular weight excluding hydrogens is 338 g/mol. The van der Waals surface area contributed by atoms with Crippen LogP contribution in [-0.2, 0) is 14.3 Å². The molecule has 0 aliphatic carbocycles. The molecule has 0 saturated heterocycles. The van der Waals surface area contributed by atoms with Crippen LogP contribution in [0.25, 0.3) is 0 Å². The molecule has 0 spiro atoms. The number of carbonyl (C=O) groups is 2. The van der Waals surface area contributed by atoms with E-state index >= 15 is 0 Å². The summed E-state index contributed by atoms with van der Waals surface area (Å²) >= 11 is 1.36. The van der Waals surface area contributed by atoms with E-state index in [1.54, 1.807) is 17.5 Å². The van der Waals surface area contributed by atoms with Crippen molar-refractivity contribution in [3.63, 3.8) is 0 Å².